The molecule has 0 N–H and O–H groups in total. The lowest BCUT2D eigenvalue weighted by Crippen LogP contribution is -2.39. The molecule has 182 valence electrons. The summed E-state index contributed by atoms with van der Waals surface area (Å²) in [6.45, 7) is 6.41. The number of aryl methyl sites for hydroxylation is 1. The van der Waals surface area contributed by atoms with E-state index in [4.69, 9.17) is 21.3 Å². The van der Waals surface area contributed by atoms with Gasteiger partial charge in [-0.25, -0.2) is 13.4 Å². The first-order valence-electron chi connectivity index (χ1n) is 11.3. The van der Waals surface area contributed by atoms with E-state index in [0.717, 1.165) is 55.0 Å². The van der Waals surface area contributed by atoms with Gasteiger partial charge in [0.15, 0.2) is 15.0 Å². The van der Waals surface area contributed by atoms with Crippen LogP contribution in [0.4, 0.5) is 5.13 Å². The first kappa shape index (κ1) is 25.1. The maximum Gasteiger partial charge on any atom is 0.229 e. The normalized spacial score (nSPS) is 15.0. The zero-order chi connectivity index (χ0) is 24.1. The van der Waals surface area contributed by atoms with E-state index in [0.29, 0.717) is 16.7 Å². The molecule has 0 bridgehead atoms. The lowest BCUT2D eigenvalue weighted by Gasteiger charge is -2.27. The van der Waals surface area contributed by atoms with Gasteiger partial charge in [-0.05, 0) is 43.2 Å². The molecule has 2 aromatic carbocycles. The van der Waals surface area contributed by atoms with Crippen molar-refractivity contribution < 1.29 is 17.9 Å². The molecule has 0 radical (unpaired) electrons. The summed E-state index contributed by atoms with van der Waals surface area (Å²) >= 11 is 7.69. The molecule has 0 unspecified atom stereocenters. The number of halogens is 1. The number of anilines is 1. The van der Waals surface area contributed by atoms with Crippen LogP contribution in [0.2, 0.25) is 5.02 Å². The summed E-state index contributed by atoms with van der Waals surface area (Å²) in [6, 6.07) is 12.0. The molecule has 2 heterocycles. The van der Waals surface area contributed by atoms with Gasteiger partial charge in [-0.1, -0.05) is 41.1 Å². The quantitative estimate of drug-likeness (QED) is 0.420. The second kappa shape index (κ2) is 11.1. The van der Waals surface area contributed by atoms with Crippen LogP contribution in [0.3, 0.4) is 0 Å². The minimum absolute atomic E-state index is 0.107. The highest BCUT2D eigenvalue weighted by Gasteiger charge is 2.24. The number of rotatable bonds is 9. The van der Waals surface area contributed by atoms with Crippen LogP contribution in [0.5, 0.6) is 0 Å². The Balaban J connectivity index is 1.51. The molecule has 10 heteroatoms. The van der Waals surface area contributed by atoms with Crippen molar-refractivity contribution in [1.82, 2.24) is 9.88 Å². The molecular weight excluding hydrogens is 494 g/mol. The lowest BCUT2D eigenvalue weighted by atomic mass is 10.2. The van der Waals surface area contributed by atoms with Crippen LogP contribution < -0.4 is 4.90 Å². The number of ether oxygens (including phenoxy) is 1. The SMILES string of the molecule is Cc1c(Cl)ccc2sc(N(CCCN3CCOCC3)C(=O)CCS(=O)(=O)c3ccccc3)nc12. The smallest absolute Gasteiger partial charge is 0.229 e. The first-order chi connectivity index (χ1) is 16.3. The number of nitrogens with zero attached hydrogens (tertiary/aromatic N) is 3. The number of morpholine rings is 1. The van der Waals surface area contributed by atoms with Gasteiger partial charge in [0, 0.05) is 37.6 Å². The van der Waals surface area contributed by atoms with Gasteiger partial charge in [-0.2, -0.15) is 0 Å². The van der Waals surface area contributed by atoms with Crippen molar-refractivity contribution >= 4 is 54.0 Å². The number of aromatic nitrogens is 1. The number of carbonyl (C=O) groups excluding carboxylic acids is 1. The molecule has 1 saturated heterocycles. The van der Waals surface area contributed by atoms with Crippen molar-refractivity contribution in [2.45, 2.75) is 24.7 Å². The third-order valence-electron chi connectivity index (χ3n) is 5.92. The number of sulfone groups is 1. The summed E-state index contributed by atoms with van der Waals surface area (Å²) in [7, 11) is -3.55. The molecule has 1 aliphatic rings. The Bertz CT molecular complexity index is 1240. The highest BCUT2D eigenvalue weighted by molar-refractivity contribution is 7.91. The summed E-state index contributed by atoms with van der Waals surface area (Å²) in [6.07, 6.45) is 0.650. The van der Waals surface area contributed by atoms with Gasteiger partial charge in [0.2, 0.25) is 5.91 Å². The monoisotopic (exact) mass is 521 g/mol. The van der Waals surface area contributed by atoms with Gasteiger partial charge in [0.05, 0.1) is 34.1 Å². The van der Waals surface area contributed by atoms with Crippen LogP contribution in [0.1, 0.15) is 18.4 Å². The number of carbonyl (C=O) groups is 1. The van der Waals surface area contributed by atoms with Gasteiger partial charge in [0.25, 0.3) is 0 Å². The van der Waals surface area contributed by atoms with Crippen molar-refractivity contribution in [2.75, 3.05) is 50.0 Å². The fourth-order valence-corrected chi connectivity index (χ4v) is 6.38. The Hall–Kier alpha value is -2.04. The number of benzene rings is 2. The maximum absolute atomic E-state index is 13.3. The molecule has 1 amide bonds. The average Bonchev–Trinajstić information content (AvgIpc) is 3.29. The molecule has 7 nitrogen and oxygen atoms in total. The van der Waals surface area contributed by atoms with Crippen LogP contribution >= 0.6 is 22.9 Å². The first-order valence-corrected chi connectivity index (χ1v) is 14.1. The van der Waals surface area contributed by atoms with Gasteiger partial charge in [0.1, 0.15) is 0 Å². The molecule has 0 aliphatic carbocycles. The lowest BCUT2D eigenvalue weighted by molar-refractivity contribution is -0.118. The second-order valence-corrected chi connectivity index (χ2v) is 11.8. The summed E-state index contributed by atoms with van der Waals surface area (Å²) in [5.41, 5.74) is 1.64. The van der Waals surface area contributed by atoms with Crippen LogP contribution in [0.15, 0.2) is 47.4 Å². The van der Waals surface area contributed by atoms with E-state index >= 15 is 0 Å². The maximum atomic E-state index is 13.3. The number of hydrogen-bond acceptors (Lipinski definition) is 7. The van der Waals surface area contributed by atoms with Crippen molar-refractivity contribution in [3.8, 4) is 0 Å². The fourth-order valence-electron chi connectivity index (χ4n) is 3.91. The van der Waals surface area contributed by atoms with E-state index in [-0.39, 0.29) is 23.0 Å². The Morgan fingerprint density at radius 2 is 1.91 bits per heavy atom. The predicted molar refractivity (Wildman–Crippen MR) is 137 cm³/mol. The minimum atomic E-state index is -3.55. The third kappa shape index (κ3) is 5.95. The number of amides is 1. The van der Waals surface area contributed by atoms with Gasteiger partial charge >= 0.3 is 0 Å². The Labute approximate surface area is 209 Å². The topological polar surface area (TPSA) is 79.8 Å². The zero-order valence-corrected chi connectivity index (χ0v) is 21.5. The van der Waals surface area contributed by atoms with Crippen molar-refractivity contribution in [1.29, 1.82) is 0 Å². The van der Waals surface area contributed by atoms with Gasteiger partial charge < -0.3 is 4.74 Å². The third-order valence-corrected chi connectivity index (χ3v) is 9.10. The Morgan fingerprint density at radius 3 is 2.65 bits per heavy atom. The predicted octanol–water partition coefficient (Wildman–Crippen LogP) is 4.18. The standard InChI is InChI=1S/C24H28ClN3O4S2/c1-18-20(25)8-9-21-23(18)26-24(33-21)28(12-5-11-27-13-15-32-16-14-27)22(29)10-17-34(30,31)19-6-3-2-4-7-19/h2-4,6-9H,5,10-17H2,1H3. The van der Waals surface area contributed by atoms with E-state index in [2.05, 4.69) is 4.90 Å². The van der Waals surface area contributed by atoms with E-state index < -0.39 is 9.84 Å². The molecule has 0 atom stereocenters. The van der Waals surface area contributed by atoms with Crippen molar-refractivity contribution in [3.05, 3.63) is 53.1 Å². The summed E-state index contributed by atoms with van der Waals surface area (Å²) in [5.74, 6) is -0.491. The molecule has 1 aliphatic heterocycles. The molecule has 34 heavy (non-hydrogen) atoms. The van der Waals surface area contributed by atoms with E-state index in [1.807, 2.05) is 19.1 Å². The fraction of sp³-hybridized carbons (Fsp3) is 0.417. The minimum Gasteiger partial charge on any atom is -0.379 e. The highest BCUT2D eigenvalue weighted by Crippen LogP contribution is 2.34. The number of hydrogen-bond donors (Lipinski definition) is 0. The van der Waals surface area contributed by atoms with Crippen LogP contribution in [-0.4, -0.2) is 69.4 Å². The van der Waals surface area contributed by atoms with E-state index in [1.54, 1.807) is 35.2 Å². The summed E-state index contributed by atoms with van der Waals surface area (Å²) < 4.78 is 31.8. The second-order valence-electron chi connectivity index (χ2n) is 8.25. The number of fused-ring (bicyclic) bond motifs is 1. The molecule has 0 spiro atoms. The van der Waals surface area contributed by atoms with E-state index in [9.17, 15) is 13.2 Å². The molecule has 0 saturated carbocycles. The highest BCUT2D eigenvalue weighted by atomic mass is 35.5. The largest absolute Gasteiger partial charge is 0.379 e. The molecule has 1 aromatic heterocycles. The van der Waals surface area contributed by atoms with Gasteiger partial charge in [-0.3, -0.25) is 14.6 Å². The van der Waals surface area contributed by atoms with E-state index in [1.165, 1.54) is 11.3 Å². The average molecular weight is 522 g/mol. The molecule has 1 fully saturated rings. The Kier molecular flexibility index (Phi) is 8.21. The van der Waals surface area contributed by atoms with Crippen molar-refractivity contribution in [3.63, 3.8) is 0 Å². The summed E-state index contributed by atoms with van der Waals surface area (Å²) in [4.78, 5) is 22.2. The van der Waals surface area contributed by atoms with Crippen LogP contribution in [-0.2, 0) is 19.4 Å². The van der Waals surface area contributed by atoms with Crippen LogP contribution in [0.25, 0.3) is 10.2 Å². The summed E-state index contributed by atoms with van der Waals surface area (Å²) in [5, 5.41) is 1.20. The van der Waals surface area contributed by atoms with Crippen LogP contribution in [0, 0.1) is 6.92 Å². The number of thiazole rings is 1. The zero-order valence-electron chi connectivity index (χ0n) is 19.1. The molecule has 4 rings (SSSR count). The molecular formula is C24H28ClN3O4S2. The van der Waals surface area contributed by atoms with Crippen molar-refractivity contribution in [2.24, 2.45) is 0 Å². The van der Waals surface area contributed by atoms with Gasteiger partial charge in [-0.15, -0.1) is 0 Å². The Morgan fingerprint density at radius 1 is 1.18 bits per heavy atom. The molecule has 3 aromatic rings.